The summed E-state index contributed by atoms with van der Waals surface area (Å²) in [5.41, 5.74) is 7.03. The lowest BCUT2D eigenvalue weighted by Gasteiger charge is -2.08. The quantitative estimate of drug-likeness (QED) is 0.617. The second-order valence-electron chi connectivity index (χ2n) is 4.18. The lowest BCUT2D eigenvalue weighted by atomic mass is 10.2. The summed E-state index contributed by atoms with van der Waals surface area (Å²) in [4.78, 5) is 8.39. The Bertz CT molecular complexity index is 544. The molecule has 0 aliphatic heterocycles. The Labute approximate surface area is 106 Å². The highest BCUT2D eigenvalue weighted by Gasteiger charge is 2.04. The Morgan fingerprint density at radius 2 is 2.22 bits per heavy atom. The summed E-state index contributed by atoms with van der Waals surface area (Å²) in [6.07, 6.45) is 7.52. The number of nitrogens with two attached hydrogens (primary N) is 1. The van der Waals surface area contributed by atoms with Crippen LogP contribution in [0.25, 0.3) is 0 Å². The molecule has 0 atom stereocenters. The van der Waals surface area contributed by atoms with Crippen molar-refractivity contribution in [3.05, 3.63) is 47.8 Å². The van der Waals surface area contributed by atoms with Gasteiger partial charge in [-0.1, -0.05) is 6.92 Å². The monoisotopic (exact) mass is 243 g/mol. The molecule has 0 unspecified atom stereocenters. The fraction of sp³-hybridized carbons (Fsp3) is 0.308. The van der Waals surface area contributed by atoms with Crippen molar-refractivity contribution in [2.45, 2.75) is 26.3 Å². The van der Waals surface area contributed by atoms with Crippen molar-refractivity contribution in [2.24, 2.45) is 5.73 Å². The van der Waals surface area contributed by atoms with Crippen LogP contribution >= 0.6 is 0 Å². The molecule has 2 aromatic heterocycles. The van der Waals surface area contributed by atoms with Crippen molar-refractivity contribution in [1.29, 1.82) is 5.41 Å². The lowest BCUT2D eigenvalue weighted by molar-refractivity contribution is 0.704. The summed E-state index contributed by atoms with van der Waals surface area (Å²) >= 11 is 0. The van der Waals surface area contributed by atoms with E-state index in [9.17, 15) is 0 Å². The number of aromatic nitrogens is 3. The summed E-state index contributed by atoms with van der Waals surface area (Å²) in [6, 6.07) is 3.78. The number of hydrogen-bond donors (Lipinski definition) is 2. The van der Waals surface area contributed by atoms with Crippen LogP contribution in [-0.4, -0.2) is 20.4 Å². The van der Waals surface area contributed by atoms with Gasteiger partial charge in [-0.15, -0.1) is 0 Å². The number of aryl methyl sites for hydroxylation is 1. The van der Waals surface area contributed by atoms with Crippen LogP contribution in [0, 0.1) is 5.41 Å². The number of nitrogens with one attached hydrogen (secondary N) is 1. The Morgan fingerprint density at radius 1 is 1.39 bits per heavy atom. The lowest BCUT2D eigenvalue weighted by Crippen LogP contribution is -2.14. The van der Waals surface area contributed by atoms with Crippen LogP contribution in [0.5, 0.6) is 0 Å². The van der Waals surface area contributed by atoms with Crippen molar-refractivity contribution < 1.29 is 0 Å². The van der Waals surface area contributed by atoms with Gasteiger partial charge < -0.3 is 10.3 Å². The van der Waals surface area contributed by atoms with Gasteiger partial charge in [-0.2, -0.15) is 0 Å². The van der Waals surface area contributed by atoms with E-state index in [4.69, 9.17) is 11.1 Å². The summed E-state index contributed by atoms with van der Waals surface area (Å²) in [5, 5.41) is 7.39. The van der Waals surface area contributed by atoms with Crippen LogP contribution in [0.4, 0.5) is 0 Å². The SMILES string of the molecule is CCCc1nccn1Cc1ccnc(C(=N)N)c1. The van der Waals surface area contributed by atoms with E-state index in [-0.39, 0.29) is 5.84 Å². The van der Waals surface area contributed by atoms with Gasteiger partial charge in [-0.05, 0) is 24.1 Å². The number of nitrogens with zero attached hydrogens (tertiary/aromatic N) is 3. The molecule has 0 fully saturated rings. The van der Waals surface area contributed by atoms with Gasteiger partial charge in [0.1, 0.15) is 17.4 Å². The maximum Gasteiger partial charge on any atom is 0.141 e. The van der Waals surface area contributed by atoms with Gasteiger partial charge in [-0.25, -0.2) is 4.98 Å². The zero-order chi connectivity index (χ0) is 13.0. The van der Waals surface area contributed by atoms with Crippen molar-refractivity contribution in [3.8, 4) is 0 Å². The zero-order valence-electron chi connectivity index (χ0n) is 10.4. The molecule has 2 rings (SSSR count). The van der Waals surface area contributed by atoms with E-state index in [1.54, 1.807) is 6.20 Å². The van der Waals surface area contributed by atoms with E-state index in [0.717, 1.165) is 30.8 Å². The molecule has 0 aliphatic rings. The van der Waals surface area contributed by atoms with Crippen LogP contribution in [0.2, 0.25) is 0 Å². The van der Waals surface area contributed by atoms with Gasteiger partial charge in [0.2, 0.25) is 0 Å². The van der Waals surface area contributed by atoms with E-state index in [0.29, 0.717) is 5.69 Å². The van der Waals surface area contributed by atoms with Crippen LogP contribution < -0.4 is 5.73 Å². The highest BCUT2D eigenvalue weighted by molar-refractivity contribution is 5.93. The maximum atomic E-state index is 7.39. The Balaban J connectivity index is 2.20. The normalized spacial score (nSPS) is 10.5. The molecule has 2 heterocycles. The van der Waals surface area contributed by atoms with E-state index < -0.39 is 0 Å². The minimum Gasteiger partial charge on any atom is -0.382 e. The number of imidazole rings is 1. The zero-order valence-corrected chi connectivity index (χ0v) is 10.4. The molecule has 0 amide bonds. The highest BCUT2D eigenvalue weighted by atomic mass is 15.1. The summed E-state index contributed by atoms with van der Waals surface area (Å²) in [6.45, 7) is 2.87. The van der Waals surface area contributed by atoms with Gasteiger partial charge in [0, 0.05) is 31.6 Å². The van der Waals surface area contributed by atoms with Crippen molar-refractivity contribution in [1.82, 2.24) is 14.5 Å². The summed E-state index contributed by atoms with van der Waals surface area (Å²) < 4.78 is 2.11. The maximum absolute atomic E-state index is 7.39. The first-order valence-electron chi connectivity index (χ1n) is 6.00. The first-order chi connectivity index (χ1) is 8.70. The molecule has 0 saturated heterocycles. The number of hydrogen-bond acceptors (Lipinski definition) is 3. The first-order valence-corrected chi connectivity index (χ1v) is 6.00. The average molecular weight is 243 g/mol. The molecule has 2 aromatic rings. The Kier molecular flexibility index (Phi) is 3.72. The van der Waals surface area contributed by atoms with Crippen molar-refractivity contribution >= 4 is 5.84 Å². The van der Waals surface area contributed by atoms with Gasteiger partial charge in [0.15, 0.2) is 0 Å². The molecule has 0 spiro atoms. The van der Waals surface area contributed by atoms with Crippen LogP contribution in [-0.2, 0) is 13.0 Å². The topological polar surface area (TPSA) is 80.6 Å². The first kappa shape index (κ1) is 12.3. The second-order valence-corrected chi connectivity index (χ2v) is 4.18. The van der Waals surface area contributed by atoms with Crippen molar-refractivity contribution in [3.63, 3.8) is 0 Å². The fourth-order valence-corrected chi connectivity index (χ4v) is 1.85. The minimum atomic E-state index is -0.00346. The average Bonchev–Trinajstić information content (AvgIpc) is 2.77. The van der Waals surface area contributed by atoms with Gasteiger partial charge >= 0.3 is 0 Å². The molecule has 3 N–H and O–H groups in total. The number of pyridine rings is 1. The number of rotatable bonds is 5. The highest BCUT2D eigenvalue weighted by Crippen LogP contribution is 2.08. The molecular weight excluding hydrogens is 226 g/mol. The predicted octanol–water partition coefficient (Wildman–Crippen LogP) is 1.56. The number of amidine groups is 1. The number of nitrogen functional groups attached to an aromatic ring is 1. The molecule has 0 aliphatic carbocycles. The largest absolute Gasteiger partial charge is 0.382 e. The molecule has 0 aromatic carbocycles. The third-order valence-corrected chi connectivity index (χ3v) is 2.73. The van der Waals surface area contributed by atoms with Gasteiger partial charge in [-0.3, -0.25) is 10.4 Å². The molecular formula is C13H17N5. The van der Waals surface area contributed by atoms with Crippen molar-refractivity contribution in [2.75, 3.05) is 0 Å². The minimum absolute atomic E-state index is 0.00346. The molecule has 18 heavy (non-hydrogen) atoms. The van der Waals surface area contributed by atoms with E-state index >= 15 is 0 Å². The van der Waals surface area contributed by atoms with E-state index in [2.05, 4.69) is 21.5 Å². The third-order valence-electron chi connectivity index (χ3n) is 2.73. The molecule has 0 saturated carbocycles. The van der Waals surface area contributed by atoms with Crippen LogP contribution in [0.15, 0.2) is 30.7 Å². The van der Waals surface area contributed by atoms with E-state index in [1.165, 1.54) is 0 Å². The predicted molar refractivity (Wildman–Crippen MR) is 70.6 cm³/mol. The summed E-state index contributed by atoms with van der Waals surface area (Å²) in [7, 11) is 0. The Hall–Kier alpha value is -2.17. The molecule has 5 heteroatoms. The standard InChI is InChI=1S/C13H17N5/c1-2-3-12-17-6-7-18(12)9-10-4-5-16-11(8-10)13(14)15/h4-8H,2-3,9H2,1H3,(H3,14,15). The van der Waals surface area contributed by atoms with Crippen LogP contribution in [0.1, 0.15) is 30.4 Å². The smallest absolute Gasteiger partial charge is 0.141 e. The molecule has 0 radical (unpaired) electrons. The summed E-state index contributed by atoms with van der Waals surface area (Å²) in [5.74, 6) is 1.08. The third kappa shape index (κ3) is 2.74. The molecule has 94 valence electrons. The van der Waals surface area contributed by atoms with E-state index in [1.807, 2.05) is 24.5 Å². The fourth-order valence-electron chi connectivity index (χ4n) is 1.85. The van der Waals surface area contributed by atoms with Crippen LogP contribution in [0.3, 0.4) is 0 Å². The Morgan fingerprint density at radius 3 is 2.94 bits per heavy atom. The molecule has 0 bridgehead atoms. The van der Waals surface area contributed by atoms with Gasteiger partial charge in [0.05, 0.1) is 0 Å². The van der Waals surface area contributed by atoms with Gasteiger partial charge in [0.25, 0.3) is 0 Å². The second kappa shape index (κ2) is 5.44. The molecule has 5 nitrogen and oxygen atoms in total.